The minimum atomic E-state index is -3.53. The third kappa shape index (κ3) is 17.5. The van der Waals surface area contributed by atoms with Crippen LogP contribution in [0.4, 0.5) is 0 Å². The van der Waals surface area contributed by atoms with Crippen molar-refractivity contribution in [1.29, 1.82) is 0 Å². The average molecular weight is 505 g/mol. The summed E-state index contributed by atoms with van der Waals surface area (Å²) in [5.41, 5.74) is 1.39. The quantitative estimate of drug-likeness (QED) is 0.111. The Kier molecular flexibility index (Phi) is 17.0. The van der Waals surface area contributed by atoms with E-state index in [4.69, 9.17) is 9.42 Å². The highest BCUT2D eigenvalue weighted by molar-refractivity contribution is 9.39. The van der Waals surface area contributed by atoms with Crippen molar-refractivity contribution in [1.82, 2.24) is 0 Å². The van der Waals surface area contributed by atoms with E-state index in [-0.39, 0.29) is 6.61 Å². The molecule has 1 aromatic heterocycles. The van der Waals surface area contributed by atoms with Crippen molar-refractivity contribution in [3.05, 3.63) is 30.1 Å². The molecule has 0 aliphatic heterocycles. The van der Waals surface area contributed by atoms with Gasteiger partial charge in [0, 0.05) is 34.0 Å². The molecule has 0 fully saturated rings. The number of aryl methyl sites for hydroxylation is 2. The summed E-state index contributed by atoms with van der Waals surface area (Å²) in [5, 5.41) is 0. The molecule has 1 N–H and O–H groups in total. The average Bonchev–Trinajstić information content (AvgIpc) is 2.72. The molecule has 30 heavy (non-hydrogen) atoms. The molecule has 0 aliphatic carbocycles. The molecule has 0 saturated carbocycles. The molecule has 1 aromatic rings. The van der Waals surface area contributed by atoms with Crippen molar-refractivity contribution in [2.75, 3.05) is 6.61 Å². The number of aromatic nitrogens is 1. The van der Waals surface area contributed by atoms with Gasteiger partial charge in [-0.05, 0) is 18.4 Å². The summed E-state index contributed by atoms with van der Waals surface area (Å²) in [6.45, 7) is 3.34. The minimum absolute atomic E-state index is 0.271. The predicted molar refractivity (Wildman–Crippen MR) is 130 cm³/mol. The Morgan fingerprint density at radius 3 is 1.77 bits per heavy atom. The van der Waals surface area contributed by atoms with E-state index in [1.165, 1.54) is 95.5 Å². The molecule has 1 atom stereocenters. The molecule has 4 nitrogen and oxygen atoms in total. The molecule has 0 aromatic carbocycles. The number of pyridine rings is 1. The molecule has 0 bridgehead atoms. The summed E-state index contributed by atoms with van der Waals surface area (Å²) in [5.74, 6) is 0. The van der Waals surface area contributed by atoms with Gasteiger partial charge in [0.15, 0.2) is 18.9 Å². The smallest absolute Gasteiger partial charge is 0.316 e. The van der Waals surface area contributed by atoms with E-state index in [2.05, 4.69) is 51.5 Å². The molecule has 0 spiro atoms. The number of hydrogen-bond acceptors (Lipinski definition) is 2. The Balaban J connectivity index is 1.91. The molecule has 1 unspecified atom stereocenters. The van der Waals surface area contributed by atoms with Gasteiger partial charge in [0.25, 0.3) is 0 Å². The van der Waals surface area contributed by atoms with Crippen LogP contribution in [0.15, 0.2) is 24.5 Å². The molecule has 0 radical (unpaired) electrons. The van der Waals surface area contributed by atoms with E-state index >= 15 is 0 Å². The van der Waals surface area contributed by atoms with Crippen molar-refractivity contribution in [3.8, 4) is 0 Å². The van der Waals surface area contributed by atoms with E-state index in [1.807, 2.05) is 0 Å². The summed E-state index contributed by atoms with van der Waals surface area (Å²) in [6, 6.07) is 4.37. The summed E-state index contributed by atoms with van der Waals surface area (Å²) in [4.78, 5) is 9.02. The van der Waals surface area contributed by atoms with Crippen LogP contribution in [-0.2, 0) is 22.1 Å². The Morgan fingerprint density at radius 2 is 1.30 bits per heavy atom. The Labute approximate surface area is 193 Å². The van der Waals surface area contributed by atoms with Crippen molar-refractivity contribution in [2.45, 2.75) is 116 Å². The predicted octanol–water partition coefficient (Wildman–Crippen LogP) is 7.90. The largest absolute Gasteiger partial charge is 0.393 e. The third-order valence-corrected chi connectivity index (χ3v) is 6.71. The molecule has 0 amide bonds. The van der Waals surface area contributed by atoms with Crippen LogP contribution in [0.25, 0.3) is 0 Å². The lowest BCUT2D eigenvalue weighted by molar-refractivity contribution is -0.697. The van der Waals surface area contributed by atoms with Gasteiger partial charge < -0.3 is 9.42 Å². The van der Waals surface area contributed by atoms with Crippen molar-refractivity contribution >= 4 is 21.8 Å². The van der Waals surface area contributed by atoms with Gasteiger partial charge in [0.05, 0.1) is 6.61 Å². The van der Waals surface area contributed by atoms with E-state index in [9.17, 15) is 4.57 Å². The summed E-state index contributed by atoms with van der Waals surface area (Å²) < 4.78 is 17.9. The maximum atomic E-state index is 11.0. The van der Waals surface area contributed by atoms with Crippen LogP contribution in [-0.4, -0.2) is 11.5 Å². The number of nitrogens with zero attached hydrogens (tertiary/aromatic N) is 1. The molecular formula is C24H44BrNO3P+. The van der Waals surface area contributed by atoms with Crippen LogP contribution >= 0.6 is 21.8 Å². The van der Waals surface area contributed by atoms with Gasteiger partial charge in [-0.15, -0.1) is 0 Å². The van der Waals surface area contributed by atoms with Gasteiger partial charge in [0.2, 0.25) is 0 Å². The molecule has 0 aliphatic rings. The zero-order valence-electron chi connectivity index (χ0n) is 19.1. The summed E-state index contributed by atoms with van der Waals surface area (Å²) in [6.07, 6.45) is 22.1. The first-order valence-electron chi connectivity index (χ1n) is 12.2. The maximum absolute atomic E-state index is 11.0. The van der Waals surface area contributed by atoms with E-state index < -0.39 is 6.30 Å². The number of rotatable bonds is 20. The first-order chi connectivity index (χ1) is 14.5. The van der Waals surface area contributed by atoms with E-state index in [1.54, 1.807) is 0 Å². The lowest BCUT2D eigenvalue weighted by Gasteiger charge is -2.04. The molecule has 174 valence electrons. The molecule has 1 heterocycles. The molecule has 1 rings (SSSR count). The highest BCUT2D eigenvalue weighted by Gasteiger charge is 2.12. The highest BCUT2D eigenvalue weighted by Crippen LogP contribution is 2.50. The van der Waals surface area contributed by atoms with Crippen LogP contribution in [0.2, 0.25) is 0 Å². The van der Waals surface area contributed by atoms with Gasteiger partial charge >= 0.3 is 6.30 Å². The zero-order chi connectivity index (χ0) is 21.9. The number of halogens is 1. The van der Waals surface area contributed by atoms with Gasteiger partial charge in [-0.2, -0.15) is 0 Å². The van der Waals surface area contributed by atoms with E-state index in [0.717, 1.165) is 13.0 Å². The maximum Gasteiger partial charge on any atom is 0.393 e. The van der Waals surface area contributed by atoms with Gasteiger partial charge in [-0.1, -0.05) is 90.4 Å². The van der Waals surface area contributed by atoms with Crippen molar-refractivity contribution < 1.29 is 18.5 Å². The van der Waals surface area contributed by atoms with Gasteiger partial charge in [0.1, 0.15) is 0 Å². The Hall–Kier alpha value is -0.220. The Bertz CT molecular complexity index is 562. The van der Waals surface area contributed by atoms with Gasteiger partial charge in [-0.3, -0.25) is 0 Å². The highest BCUT2D eigenvalue weighted by atomic mass is 79.9. The fourth-order valence-corrected chi connectivity index (χ4v) is 4.54. The van der Waals surface area contributed by atoms with Crippen molar-refractivity contribution in [3.63, 3.8) is 0 Å². The SMILES string of the molecule is CCCCCCCCCCCCCCCCc1cc[n+](CCCOP(=O)(O)Br)cc1. The first kappa shape index (κ1) is 27.8. The second-order valence-electron chi connectivity index (χ2n) is 8.43. The topological polar surface area (TPSA) is 50.4 Å². The second-order valence-corrected chi connectivity index (χ2v) is 12.3. The van der Waals surface area contributed by atoms with Crippen molar-refractivity contribution in [2.24, 2.45) is 0 Å². The minimum Gasteiger partial charge on any atom is -0.316 e. The Morgan fingerprint density at radius 1 is 0.833 bits per heavy atom. The van der Waals surface area contributed by atoms with Crippen LogP contribution in [0.1, 0.15) is 109 Å². The van der Waals surface area contributed by atoms with Gasteiger partial charge in [-0.25, -0.2) is 9.13 Å². The summed E-state index contributed by atoms with van der Waals surface area (Å²) in [7, 11) is 0. The molecular weight excluding hydrogens is 461 g/mol. The molecule has 0 saturated heterocycles. The molecule has 6 heteroatoms. The third-order valence-electron chi connectivity index (χ3n) is 5.59. The van der Waals surface area contributed by atoms with Crippen LogP contribution in [0.3, 0.4) is 0 Å². The van der Waals surface area contributed by atoms with Crippen LogP contribution < -0.4 is 4.57 Å². The number of hydrogen-bond donors (Lipinski definition) is 1. The monoisotopic (exact) mass is 504 g/mol. The first-order valence-corrected chi connectivity index (χ1v) is 15.8. The fourth-order valence-electron chi connectivity index (χ4n) is 3.75. The zero-order valence-corrected chi connectivity index (χ0v) is 21.6. The summed E-state index contributed by atoms with van der Waals surface area (Å²) >= 11 is 2.62. The van der Waals surface area contributed by atoms with E-state index in [0.29, 0.717) is 6.42 Å². The lowest BCUT2D eigenvalue weighted by atomic mass is 10.0. The fraction of sp³-hybridized carbons (Fsp3) is 0.792. The van der Waals surface area contributed by atoms with Crippen LogP contribution in [0, 0.1) is 0 Å². The standard InChI is InChI=1S/C24H43BrNO3P/c1-2-3-4-5-6-7-8-9-10-11-12-13-14-15-17-24-18-21-26(22-19-24)20-16-23-29-30(25,27)28/h18-19,21-22H,2-17,20,23H2,1H3/p+1. The number of unbranched alkanes of at least 4 members (excludes halogenated alkanes) is 13. The van der Waals surface area contributed by atoms with Crippen LogP contribution in [0.5, 0.6) is 0 Å². The second kappa shape index (κ2) is 18.4. The lowest BCUT2D eigenvalue weighted by Crippen LogP contribution is -2.33. The normalized spacial score (nSPS) is 13.4.